The van der Waals surface area contributed by atoms with Crippen LogP contribution in [0.3, 0.4) is 0 Å². The van der Waals surface area contributed by atoms with Gasteiger partial charge in [0.25, 0.3) is 0 Å². The average molecular weight is 470 g/mol. The van der Waals surface area contributed by atoms with E-state index in [1.165, 1.54) is 48.5 Å². The molecule has 176 valence electrons. The second-order valence-corrected chi connectivity index (χ2v) is 8.12. The Hall–Kier alpha value is -4.65. The summed E-state index contributed by atoms with van der Waals surface area (Å²) in [4.78, 5) is 26.8. The van der Waals surface area contributed by atoms with Crippen molar-refractivity contribution in [2.24, 2.45) is 0 Å². The molecule has 4 aromatic rings. The van der Waals surface area contributed by atoms with Crippen LogP contribution in [0.25, 0.3) is 0 Å². The third-order valence-corrected chi connectivity index (χ3v) is 5.29. The summed E-state index contributed by atoms with van der Waals surface area (Å²) in [5, 5.41) is 9.31. The molecule has 35 heavy (non-hydrogen) atoms. The van der Waals surface area contributed by atoms with Crippen molar-refractivity contribution in [3.63, 3.8) is 0 Å². The molecule has 0 radical (unpaired) electrons. The summed E-state index contributed by atoms with van der Waals surface area (Å²) in [5.41, 5.74) is 2.91. The first-order chi connectivity index (χ1) is 16.9. The molecule has 0 saturated carbocycles. The number of carbonyl (C=O) groups is 2. The minimum absolute atomic E-state index is 0.0828. The van der Waals surface area contributed by atoms with Crippen LogP contribution in [0.5, 0.6) is 17.2 Å². The lowest BCUT2D eigenvalue weighted by Crippen LogP contribution is -2.33. The Balaban J connectivity index is 1.33. The van der Waals surface area contributed by atoms with E-state index in [9.17, 15) is 14.7 Å². The fourth-order valence-corrected chi connectivity index (χ4v) is 3.32. The molecule has 7 nitrogen and oxygen atoms in total. The Kier molecular flexibility index (Phi) is 7.07. The predicted molar refractivity (Wildman–Crippen MR) is 131 cm³/mol. The van der Waals surface area contributed by atoms with Crippen LogP contribution in [0.2, 0.25) is 0 Å². The fraction of sp³-hybridized carbons (Fsp3) is 0.107. The van der Waals surface area contributed by atoms with Gasteiger partial charge in [0.05, 0.1) is 11.1 Å². The monoisotopic (exact) mass is 469 g/mol. The first kappa shape index (κ1) is 23.5. The second kappa shape index (κ2) is 10.5. The number of carbonyl (C=O) groups excluding carboxylic acids is 2. The Bertz CT molecular complexity index is 1300. The third-order valence-electron chi connectivity index (χ3n) is 5.29. The Labute approximate surface area is 203 Å². The zero-order valence-electron chi connectivity index (χ0n) is 19.4. The van der Waals surface area contributed by atoms with E-state index in [2.05, 4.69) is 4.57 Å². The number of esters is 2. The molecule has 4 rings (SSSR count). The zero-order chi connectivity index (χ0) is 24.8. The molecule has 0 bridgehead atoms. The summed E-state index contributed by atoms with van der Waals surface area (Å²) in [5.74, 6) is -0.329. The molecule has 0 aliphatic carbocycles. The third kappa shape index (κ3) is 6.23. The number of phenolic OH excluding ortho intramolecular Hbond substituents is 1. The highest BCUT2D eigenvalue weighted by Gasteiger charge is 2.13. The minimum Gasteiger partial charge on any atom is -0.508 e. The number of benzene rings is 3. The molecule has 0 saturated heterocycles. The first-order valence-electron chi connectivity index (χ1n) is 11.0. The normalized spacial score (nSPS) is 10.5. The van der Waals surface area contributed by atoms with Gasteiger partial charge in [0.1, 0.15) is 17.2 Å². The van der Waals surface area contributed by atoms with Crippen molar-refractivity contribution < 1.29 is 28.7 Å². The van der Waals surface area contributed by atoms with Crippen molar-refractivity contribution in [2.75, 3.05) is 19.0 Å². The summed E-state index contributed by atoms with van der Waals surface area (Å²) in [6.07, 6.45) is 4.03. The van der Waals surface area contributed by atoms with Crippen molar-refractivity contribution >= 4 is 17.6 Å². The molecule has 0 unspecified atom stereocenters. The van der Waals surface area contributed by atoms with Crippen molar-refractivity contribution in [2.45, 2.75) is 6.54 Å². The topological polar surface area (TPSA) is 80.0 Å². The molecule has 0 amide bonds. The molecule has 0 atom stereocenters. The molecule has 1 heterocycles. The van der Waals surface area contributed by atoms with E-state index >= 15 is 0 Å². The standard InChI is InChI=1S/C28H24N2O5/c1-29(2)23-15-17-30(18-16-23)19-20-3-5-21(6-4-20)27(32)34-25-11-7-22(8-12-25)28(33)35-26-13-9-24(31)10-14-26/h3-18H,19H2,1-2H3/p+1. The van der Waals surface area contributed by atoms with Gasteiger partial charge in [-0.25, -0.2) is 14.2 Å². The van der Waals surface area contributed by atoms with Crippen LogP contribution in [-0.4, -0.2) is 31.1 Å². The van der Waals surface area contributed by atoms with Crippen LogP contribution in [0.4, 0.5) is 5.69 Å². The number of phenols is 1. The Morgan fingerprint density at radius 1 is 0.714 bits per heavy atom. The number of ether oxygens (including phenoxy) is 2. The number of aromatic hydroxyl groups is 1. The molecule has 0 spiro atoms. The van der Waals surface area contributed by atoms with Crippen LogP contribution in [0.15, 0.2) is 97.3 Å². The fourth-order valence-electron chi connectivity index (χ4n) is 3.32. The molecule has 3 aromatic carbocycles. The lowest BCUT2D eigenvalue weighted by Gasteiger charge is -2.10. The van der Waals surface area contributed by atoms with E-state index in [1.807, 2.05) is 55.7 Å². The molecule has 0 aliphatic rings. The van der Waals surface area contributed by atoms with Crippen LogP contribution in [-0.2, 0) is 6.54 Å². The van der Waals surface area contributed by atoms with Gasteiger partial charge in [-0.3, -0.25) is 0 Å². The van der Waals surface area contributed by atoms with Gasteiger partial charge in [-0.15, -0.1) is 0 Å². The molecular weight excluding hydrogens is 444 g/mol. The van der Waals surface area contributed by atoms with Gasteiger partial charge >= 0.3 is 11.9 Å². The van der Waals surface area contributed by atoms with Gasteiger partial charge in [-0.05, 0) is 60.7 Å². The smallest absolute Gasteiger partial charge is 0.343 e. The Morgan fingerprint density at radius 2 is 1.17 bits per heavy atom. The maximum absolute atomic E-state index is 12.5. The predicted octanol–water partition coefficient (Wildman–Crippen LogP) is 4.23. The van der Waals surface area contributed by atoms with Crippen molar-refractivity contribution in [3.8, 4) is 17.2 Å². The number of hydrogen-bond acceptors (Lipinski definition) is 6. The van der Waals surface area contributed by atoms with Gasteiger partial charge in [-0.2, -0.15) is 0 Å². The van der Waals surface area contributed by atoms with E-state index in [1.54, 1.807) is 12.1 Å². The summed E-state index contributed by atoms with van der Waals surface area (Å²) in [6.45, 7) is 0.685. The molecule has 1 N–H and O–H groups in total. The summed E-state index contributed by atoms with van der Waals surface area (Å²) in [6, 6.07) is 23.3. The molecule has 0 aliphatic heterocycles. The van der Waals surface area contributed by atoms with Crippen molar-refractivity contribution in [1.82, 2.24) is 0 Å². The summed E-state index contributed by atoms with van der Waals surface area (Å²) >= 11 is 0. The lowest BCUT2D eigenvalue weighted by atomic mass is 10.1. The second-order valence-electron chi connectivity index (χ2n) is 8.12. The van der Waals surface area contributed by atoms with Gasteiger partial charge in [0, 0.05) is 37.5 Å². The highest BCUT2D eigenvalue weighted by atomic mass is 16.5. The van der Waals surface area contributed by atoms with Crippen molar-refractivity contribution in [3.05, 3.63) is 114 Å². The molecule has 0 fully saturated rings. The quantitative estimate of drug-likeness (QED) is 0.248. The van der Waals surface area contributed by atoms with Crippen LogP contribution in [0.1, 0.15) is 26.3 Å². The van der Waals surface area contributed by atoms with Gasteiger partial charge in [0.15, 0.2) is 18.9 Å². The largest absolute Gasteiger partial charge is 0.508 e. The van der Waals surface area contributed by atoms with Gasteiger partial charge in [0.2, 0.25) is 0 Å². The number of hydrogen-bond donors (Lipinski definition) is 1. The number of nitrogens with zero attached hydrogens (tertiary/aromatic N) is 2. The van der Waals surface area contributed by atoms with Gasteiger partial charge < -0.3 is 19.5 Å². The van der Waals surface area contributed by atoms with E-state index < -0.39 is 11.9 Å². The van der Waals surface area contributed by atoms with E-state index in [-0.39, 0.29) is 5.75 Å². The number of pyridine rings is 1. The number of anilines is 1. The number of rotatable bonds is 7. The summed E-state index contributed by atoms with van der Waals surface area (Å²) < 4.78 is 12.7. The van der Waals surface area contributed by atoms with Crippen LogP contribution < -0.4 is 18.9 Å². The maximum Gasteiger partial charge on any atom is 0.343 e. The average Bonchev–Trinajstić information content (AvgIpc) is 2.86. The number of aromatic nitrogens is 1. The van der Waals surface area contributed by atoms with E-state index in [4.69, 9.17) is 9.47 Å². The zero-order valence-corrected chi connectivity index (χ0v) is 19.4. The van der Waals surface area contributed by atoms with Crippen molar-refractivity contribution in [1.29, 1.82) is 0 Å². The lowest BCUT2D eigenvalue weighted by molar-refractivity contribution is -0.688. The maximum atomic E-state index is 12.5. The Morgan fingerprint density at radius 3 is 1.66 bits per heavy atom. The van der Waals surface area contributed by atoms with E-state index in [0.29, 0.717) is 29.2 Å². The van der Waals surface area contributed by atoms with Gasteiger partial charge in [-0.1, -0.05) is 12.1 Å². The van der Waals surface area contributed by atoms with Crippen LogP contribution >= 0.6 is 0 Å². The molecular formula is C28H25N2O5+. The summed E-state index contributed by atoms with van der Waals surface area (Å²) in [7, 11) is 4.00. The first-order valence-corrected chi connectivity index (χ1v) is 11.0. The SMILES string of the molecule is CN(C)c1cc[n+](Cc2ccc(C(=O)Oc3ccc(C(=O)Oc4ccc(O)cc4)cc3)cc2)cc1. The highest BCUT2D eigenvalue weighted by Crippen LogP contribution is 2.19. The highest BCUT2D eigenvalue weighted by molar-refractivity contribution is 5.92. The van der Waals surface area contributed by atoms with Crippen LogP contribution in [0, 0.1) is 0 Å². The van der Waals surface area contributed by atoms with E-state index in [0.717, 1.165) is 11.3 Å². The minimum atomic E-state index is -0.557. The molecule has 7 heteroatoms. The molecule has 1 aromatic heterocycles.